The summed E-state index contributed by atoms with van der Waals surface area (Å²) in [6.45, 7) is 0.640. The second kappa shape index (κ2) is 6.51. The number of non-ortho nitro benzene ring substituents is 1. The van der Waals surface area contributed by atoms with Crippen molar-refractivity contribution < 1.29 is 14.5 Å². The first-order chi connectivity index (χ1) is 11.1. The Labute approximate surface area is 133 Å². The molecule has 0 spiro atoms. The van der Waals surface area contributed by atoms with Crippen molar-refractivity contribution >= 4 is 11.6 Å². The lowest BCUT2D eigenvalue weighted by Crippen LogP contribution is -2.34. The van der Waals surface area contributed by atoms with Crippen molar-refractivity contribution in [3.05, 3.63) is 58.4 Å². The molecule has 0 aliphatic carbocycles. The number of carbonyl (C=O) groups is 1. The lowest BCUT2D eigenvalue weighted by Gasteiger charge is -2.24. The van der Waals surface area contributed by atoms with Gasteiger partial charge in [-0.2, -0.15) is 0 Å². The first-order valence-electron chi connectivity index (χ1n) is 7.45. The van der Waals surface area contributed by atoms with Crippen molar-refractivity contribution in [3.63, 3.8) is 0 Å². The Morgan fingerprint density at radius 1 is 1.35 bits per heavy atom. The zero-order valence-corrected chi connectivity index (χ0v) is 12.5. The lowest BCUT2D eigenvalue weighted by atomic mass is 10.1. The van der Waals surface area contributed by atoms with Crippen LogP contribution in [0.4, 0.5) is 5.69 Å². The average Bonchev–Trinajstić information content (AvgIpc) is 3.23. The fourth-order valence-corrected chi connectivity index (χ4v) is 2.83. The molecule has 0 saturated carbocycles. The van der Waals surface area contributed by atoms with Gasteiger partial charge in [0.25, 0.3) is 11.6 Å². The van der Waals surface area contributed by atoms with Crippen LogP contribution in [0.1, 0.15) is 24.6 Å². The first kappa shape index (κ1) is 15.1. The van der Waals surface area contributed by atoms with Gasteiger partial charge in [-0.15, -0.1) is 0 Å². The zero-order valence-electron chi connectivity index (χ0n) is 12.5. The second-order valence-electron chi connectivity index (χ2n) is 5.41. The number of aromatic amines is 1. The van der Waals surface area contributed by atoms with Crippen molar-refractivity contribution in [1.29, 1.82) is 0 Å². The molecule has 0 radical (unpaired) electrons. The van der Waals surface area contributed by atoms with Gasteiger partial charge in [0.1, 0.15) is 5.75 Å². The fraction of sp³-hybridized carbons (Fsp3) is 0.312. The molecule has 1 aliphatic rings. The van der Waals surface area contributed by atoms with Gasteiger partial charge >= 0.3 is 0 Å². The summed E-state index contributed by atoms with van der Waals surface area (Å²) in [6, 6.07) is 9.68. The highest BCUT2D eigenvalue weighted by molar-refractivity contribution is 5.78. The Morgan fingerprint density at radius 2 is 2.13 bits per heavy atom. The molecular weight excluding hydrogens is 298 g/mol. The van der Waals surface area contributed by atoms with Gasteiger partial charge in [-0.25, -0.2) is 0 Å². The van der Waals surface area contributed by atoms with Crippen LogP contribution in [0.5, 0.6) is 5.75 Å². The van der Waals surface area contributed by atoms with E-state index in [0.717, 1.165) is 18.5 Å². The van der Waals surface area contributed by atoms with E-state index in [0.29, 0.717) is 12.3 Å². The van der Waals surface area contributed by atoms with Crippen molar-refractivity contribution in [3.8, 4) is 5.75 Å². The number of H-pyrrole nitrogens is 1. The molecule has 1 aromatic carbocycles. The molecule has 7 nitrogen and oxygen atoms in total. The summed E-state index contributed by atoms with van der Waals surface area (Å²) in [7, 11) is 0. The van der Waals surface area contributed by atoms with Gasteiger partial charge in [-0.05, 0) is 37.1 Å². The Hall–Kier alpha value is -2.83. The van der Waals surface area contributed by atoms with Gasteiger partial charge in [0.05, 0.1) is 11.0 Å². The van der Waals surface area contributed by atoms with Gasteiger partial charge in [0.15, 0.2) is 6.61 Å². The van der Waals surface area contributed by atoms with E-state index in [2.05, 4.69) is 4.98 Å². The number of likely N-dealkylation sites (tertiary alicyclic amines) is 1. The van der Waals surface area contributed by atoms with E-state index >= 15 is 0 Å². The number of benzene rings is 1. The molecule has 23 heavy (non-hydrogen) atoms. The van der Waals surface area contributed by atoms with Crippen molar-refractivity contribution in [2.24, 2.45) is 0 Å². The molecule has 1 amide bonds. The number of carbonyl (C=O) groups excluding carboxylic acids is 1. The van der Waals surface area contributed by atoms with Crippen LogP contribution < -0.4 is 4.74 Å². The molecule has 0 bridgehead atoms. The molecular formula is C16H17N3O4. The smallest absolute Gasteiger partial charge is 0.269 e. The van der Waals surface area contributed by atoms with Gasteiger partial charge in [0, 0.05) is 30.6 Å². The minimum Gasteiger partial charge on any atom is -0.484 e. The predicted molar refractivity (Wildman–Crippen MR) is 83.1 cm³/mol. The number of ether oxygens (including phenoxy) is 1. The SMILES string of the molecule is O=C(COc1ccc([N+](=O)[O-])cc1)N1CCC[C@H]1c1ccc[nH]1. The molecule has 1 aromatic heterocycles. The third-order valence-electron chi connectivity index (χ3n) is 3.96. The summed E-state index contributed by atoms with van der Waals surface area (Å²) in [4.78, 5) is 27.5. The van der Waals surface area contributed by atoms with Gasteiger partial charge in [0.2, 0.25) is 0 Å². The van der Waals surface area contributed by atoms with Crippen molar-refractivity contribution in [2.45, 2.75) is 18.9 Å². The number of amides is 1. The Balaban J connectivity index is 1.59. The van der Waals surface area contributed by atoms with Crippen LogP contribution in [0.2, 0.25) is 0 Å². The maximum atomic E-state index is 12.4. The molecule has 2 heterocycles. The highest BCUT2D eigenvalue weighted by Crippen LogP contribution is 2.30. The van der Waals surface area contributed by atoms with Crippen LogP contribution in [0, 0.1) is 10.1 Å². The summed E-state index contributed by atoms with van der Waals surface area (Å²) < 4.78 is 5.46. The van der Waals surface area contributed by atoms with Gasteiger partial charge < -0.3 is 14.6 Å². The minimum atomic E-state index is -0.472. The quantitative estimate of drug-likeness (QED) is 0.678. The first-order valence-corrected chi connectivity index (χ1v) is 7.45. The molecule has 120 valence electrons. The Morgan fingerprint density at radius 3 is 2.78 bits per heavy atom. The lowest BCUT2D eigenvalue weighted by molar-refractivity contribution is -0.384. The van der Waals surface area contributed by atoms with E-state index in [1.807, 2.05) is 23.2 Å². The molecule has 1 N–H and O–H groups in total. The van der Waals surface area contributed by atoms with E-state index in [4.69, 9.17) is 4.74 Å². The number of aromatic nitrogens is 1. The van der Waals surface area contributed by atoms with Gasteiger partial charge in [-0.1, -0.05) is 0 Å². The number of nitrogens with zero attached hydrogens (tertiary/aromatic N) is 2. The van der Waals surface area contributed by atoms with Crippen LogP contribution >= 0.6 is 0 Å². The van der Waals surface area contributed by atoms with Crippen molar-refractivity contribution in [1.82, 2.24) is 9.88 Å². The predicted octanol–water partition coefficient (Wildman–Crippen LogP) is 2.67. The Kier molecular flexibility index (Phi) is 4.27. The summed E-state index contributed by atoms with van der Waals surface area (Å²) >= 11 is 0. The Bertz CT molecular complexity index is 682. The minimum absolute atomic E-state index is 0.00460. The molecule has 1 saturated heterocycles. The number of rotatable bonds is 5. The number of nitrogens with one attached hydrogen (secondary N) is 1. The summed E-state index contributed by atoms with van der Waals surface area (Å²) in [6.07, 6.45) is 3.75. The zero-order chi connectivity index (χ0) is 16.2. The number of hydrogen-bond acceptors (Lipinski definition) is 4. The third-order valence-corrected chi connectivity index (χ3v) is 3.96. The fourth-order valence-electron chi connectivity index (χ4n) is 2.83. The van der Waals surface area contributed by atoms with Crippen molar-refractivity contribution in [2.75, 3.05) is 13.2 Å². The standard InChI is InChI=1S/C16H17N3O4/c20-16(11-23-13-7-5-12(6-8-13)19(21)22)18-10-2-4-15(18)14-3-1-9-17-14/h1,3,5-9,15,17H,2,4,10-11H2/t15-/m0/s1. The van der Waals surface area contributed by atoms with E-state index < -0.39 is 4.92 Å². The van der Waals surface area contributed by atoms with Gasteiger partial charge in [-0.3, -0.25) is 14.9 Å². The van der Waals surface area contributed by atoms with Crippen LogP contribution in [0.15, 0.2) is 42.6 Å². The highest BCUT2D eigenvalue weighted by atomic mass is 16.6. The summed E-state index contributed by atoms with van der Waals surface area (Å²) in [5.41, 5.74) is 1.03. The number of nitro benzene ring substituents is 1. The molecule has 1 aliphatic heterocycles. The molecule has 1 fully saturated rings. The number of hydrogen-bond donors (Lipinski definition) is 1. The molecule has 7 heteroatoms. The maximum absolute atomic E-state index is 12.4. The summed E-state index contributed by atoms with van der Waals surface area (Å²) in [5, 5.41) is 10.6. The molecule has 0 unspecified atom stereocenters. The van der Waals surface area contributed by atoms with Crippen LogP contribution in [-0.2, 0) is 4.79 Å². The summed E-state index contributed by atoms with van der Waals surface area (Å²) in [5.74, 6) is 0.361. The monoisotopic (exact) mass is 315 g/mol. The van der Waals surface area contributed by atoms with E-state index in [1.54, 1.807) is 0 Å². The van der Waals surface area contributed by atoms with E-state index in [1.165, 1.54) is 24.3 Å². The average molecular weight is 315 g/mol. The van der Waals surface area contributed by atoms with Crippen LogP contribution in [0.3, 0.4) is 0 Å². The van der Waals surface area contributed by atoms with Crippen LogP contribution in [-0.4, -0.2) is 33.9 Å². The molecule has 3 rings (SSSR count). The second-order valence-corrected chi connectivity index (χ2v) is 5.41. The topological polar surface area (TPSA) is 88.5 Å². The highest BCUT2D eigenvalue weighted by Gasteiger charge is 2.30. The number of nitro groups is 1. The van der Waals surface area contributed by atoms with Crippen LogP contribution in [0.25, 0.3) is 0 Å². The maximum Gasteiger partial charge on any atom is 0.269 e. The third kappa shape index (κ3) is 3.33. The molecule has 2 aromatic rings. The normalized spacial score (nSPS) is 17.2. The molecule has 1 atom stereocenters. The van der Waals surface area contributed by atoms with E-state index in [9.17, 15) is 14.9 Å². The van der Waals surface area contributed by atoms with E-state index in [-0.39, 0.29) is 24.2 Å². The largest absolute Gasteiger partial charge is 0.484 e.